The summed E-state index contributed by atoms with van der Waals surface area (Å²) in [4.78, 5) is 50.6. The van der Waals surface area contributed by atoms with Gasteiger partial charge in [-0.2, -0.15) is 0 Å². The number of nitrogen functional groups attached to an aromatic ring is 1. The number of halogens is 2. The van der Waals surface area contributed by atoms with Crippen LogP contribution < -0.4 is 21.3 Å². The molecular weight excluding hydrogens is 586 g/mol. The molecule has 0 radical (unpaired) electrons. The molecule has 4 aromatic rings. The largest absolute Gasteiger partial charge is 0.444 e. The number of piperidine rings is 1. The van der Waals surface area contributed by atoms with Crippen molar-refractivity contribution in [1.29, 1.82) is 0 Å². The van der Waals surface area contributed by atoms with Gasteiger partial charge in [0.25, 0.3) is 0 Å². The Morgan fingerprint density at radius 1 is 1.11 bits per heavy atom. The van der Waals surface area contributed by atoms with Crippen molar-refractivity contribution in [2.45, 2.75) is 51.7 Å². The first-order valence-electron chi connectivity index (χ1n) is 14.2. The molecule has 1 unspecified atom stereocenters. The smallest absolute Gasteiger partial charge is 0.408 e. The fraction of sp³-hybridized carbons (Fsp3) is 0.355. The van der Waals surface area contributed by atoms with Gasteiger partial charge in [0.2, 0.25) is 12.2 Å². The number of hydrogen-bond donors (Lipinski definition) is 3. The van der Waals surface area contributed by atoms with E-state index in [4.69, 9.17) is 15.3 Å². The van der Waals surface area contributed by atoms with E-state index in [-0.39, 0.29) is 28.6 Å². The van der Waals surface area contributed by atoms with Crippen LogP contribution in [0, 0.1) is 11.6 Å². The van der Waals surface area contributed by atoms with Crippen LogP contribution in [0.3, 0.4) is 0 Å². The number of amides is 2. The monoisotopic (exact) mass is 622 g/mol. The molecule has 0 spiro atoms. The van der Waals surface area contributed by atoms with Gasteiger partial charge in [-0.3, -0.25) is 19.0 Å². The van der Waals surface area contributed by atoms with E-state index >= 15 is 0 Å². The molecule has 45 heavy (non-hydrogen) atoms. The van der Waals surface area contributed by atoms with Crippen molar-refractivity contribution in [2.75, 3.05) is 30.8 Å². The van der Waals surface area contributed by atoms with Crippen LogP contribution in [0.5, 0.6) is 0 Å². The summed E-state index contributed by atoms with van der Waals surface area (Å²) in [5.74, 6) is -2.21. The maximum atomic E-state index is 14.1. The first kappa shape index (κ1) is 32.8. The van der Waals surface area contributed by atoms with Crippen molar-refractivity contribution in [3.05, 3.63) is 71.9 Å². The molecular formula is C31H36F2N8O4. The zero-order valence-corrected chi connectivity index (χ0v) is 25.7. The number of pyridine rings is 1. The van der Waals surface area contributed by atoms with Crippen molar-refractivity contribution in [2.24, 2.45) is 0 Å². The van der Waals surface area contributed by atoms with Gasteiger partial charge in [-0.05, 0) is 64.8 Å². The number of hydrogen-bond acceptors (Lipinski definition) is 9. The van der Waals surface area contributed by atoms with Crippen LogP contribution in [-0.4, -0.2) is 68.9 Å². The molecule has 0 saturated carbocycles. The molecule has 1 aliphatic rings. The van der Waals surface area contributed by atoms with E-state index in [1.54, 1.807) is 50.7 Å². The van der Waals surface area contributed by atoms with E-state index in [1.165, 1.54) is 18.5 Å². The number of nitrogens with one attached hydrogen (secondary N) is 2. The van der Waals surface area contributed by atoms with Gasteiger partial charge in [-0.1, -0.05) is 0 Å². The number of nitrogens with zero attached hydrogens (tertiary/aromatic N) is 5. The lowest BCUT2D eigenvalue weighted by Gasteiger charge is -2.42. The molecule has 12 nitrogen and oxygen atoms in total. The van der Waals surface area contributed by atoms with Gasteiger partial charge in [0.15, 0.2) is 23.1 Å². The van der Waals surface area contributed by atoms with Crippen LogP contribution in [0.25, 0.3) is 16.9 Å². The molecule has 3 aromatic heterocycles. The minimum atomic E-state index is -1.02. The Morgan fingerprint density at radius 3 is 2.51 bits per heavy atom. The molecule has 0 aliphatic carbocycles. The second-order valence-electron chi connectivity index (χ2n) is 11.8. The third-order valence-corrected chi connectivity index (χ3v) is 6.99. The molecule has 1 atom stereocenters. The quantitative estimate of drug-likeness (QED) is 0.213. The minimum absolute atomic E-state index is 0.170. The number of fused-ring (bicyclic) bond motifs is 1. The number of carbonyl (C=O) groups is 3. The van der Waals surface area contributed by atoms with Gasteiger partial charge < -0.3 is 26.0 Å². The average Bonchev–Trinajstić information content (AvgIpc) is 3.42. The fourth-order valence-corrected chi connectivity index (χ4v) is 5.04. The van der Waals surface area contributed by atoms with E-state index in [9.17, 15) is 18.4 Å². The summed E-state index contributed by atoms with van der Waals surface area (Å²) in [5.41, 5.74) is 6.63. The molecule has 1 aromatic carbocycles. The van der Waals surface area contributed by atoms with Crippen LogP contribution in [-0.2, 0) is 9.53 Å². The predicted octanol–water partition coefficient (Wildman–Crippen LogP) is 4.13. The Bertz CT molecular complexity index is 1720. The number of benzene rings is 1. The number of imidazole rings is 1. The van der Waals surface area contributed by atoms with Crippen molar-refractivity contribution >= 4 is 35.4 Å². The number of nitrogens with two attached hydrogens (primary N) is 1. The van der Waals surface area contributed by atoms with Crippen LogP contribution in [0.15, 0.2) is 49.1 Å². The van der Waals surface area contributed by atoms with E-state index < -0.39 is 28.9 Å². The summed E-state index contributed by atoms with van der Waals surface area (Å²) in [6.45, 7) is 8.29. The second kappa shape index (κ2) is 13.2. The van der Waals surface area contributed by atoms with E-state index in [0.29, 0.717) is 42.8 Å². The summed E-state index contributed by atoms with van der Waals surface area (Å²) < 4.78 is 34.7. The molecule has 238 valence electrons. The third kappa shape index (κ3) is 7.69. The lowest BCUT2D eigenvalue weighted by molar-refractivity contribution is -0.109. The normalized spacial score (nSPS) is 16.4. The molecule has 14 heteroatoms. The Hall–Kier alpha value is -5.14. The summed E-state index contributed by atoms with van der Waals surface area (Å²) in [7, 11) is 1.56. The topological polar surface area (TPSA) is 157 Å². The average molecular weight is 623 g/mol. The van der Waals surface area contributed by atoms with Gasteiger partial charge in [-0.15, -0.1) is 0 Å². The zero-order chi connectivity index (χ0) is 32.9. The van der Waals surface area contributed by atoms with Crippen molar-refractivity contribution in [3.8, 4) is 11.3 Å². The Balaban J connectivity index is 0.00000109. The first-order chi connectivity index (χ1) is 21.2. The summed E-state index contributed by atoms with van der Waals surface area (Å²) in [6.07, 6.45) is 7.55. The highest BCUT2D eigenvalue weighted by molar-refractivity contribution is 6.12. The maximum absolute atomic E-state index is 14.1. The lowest BCUT2D eigenvalue weighted by atomic mass is 9.90. The maximum Gasteiger partial charge on any atom is 0.408 e. The van der Waals surface area contributed by atoms with Gasteiger partial charge in [0.05, 0.1) is 34.9 Å². The molecule has 4 N–H and O–H groups in total. The Kier molecular flexibility index (Phi) is 9.64. The number of aromatic nitrogens is 4. The van der Waals surface area contributed by atoms with Crippen LogP contribution in [0.4, 0.5) is 25.1 Å². The molecule has 0 bridgehead atoms. The van der Waals surface area contributed by atoms with Gasteiger partial charge in [0, 0.05) is 38.1 Å². The molecule has 2 amide bonds. The SMILES string of the molecule is CC1(NC(=O)OC(C)(C)C)CCCN(c2cnc(-c3ccc(F)c(F)c3)cc2C(=O)c2cnc3c(N)nccn23)C1.CNC=O. The predicted molar refractivity (Wildman–Crippen MR) is 165 cm³/mol. The Morgan fingerprint density at radius 2 is 1.84 bits per heavy atom. The third-order valence-electron chi connectivity index (χ3n) is 6.99. The number of carbonyl (C=O) groups excluding carboxylic acids is 3. The van der Waals surface area contributed by atoms with Crippen molar-refractivity contribution in [3.63, 3.8) is 0 Å². The van der Waals surface area contributed by atoms with Gasteiger partial charge >= 0.3 is 6.09 Å². The lowest BCUT2D eigenvalue weighted by Crippen LogP contribution is -2.57. The van der Waals surface area contributed by atoms with Crippen molar-refractivity contribution in [1.82, 2.24) is 30.0 Å². The van der Waals surface area contributed by atoms with Gasteiger partial charge in [0.1, 0.15) is 11.3 Å². The summed E-state index contributed by atoms with van der Waals surface area (Å²) >= 11 is 0. The zero-order valence-electron chi connectivity index (χ0n) is 25.7. The number of rotatable bonds is 6. The van der Waals surface area contributed by atoms with Crippen LogP contribution in [0.1, 0.15) is 56.6 Å². The molecule has 4 heterocycles. The first-order valence-corrected chi connectivity index (χ1v) is 14.2. The number of ketones is 1. The fourth-order valence-electron chi connectivity index (χ4n) is 5.04. The number of anilines is 2. The molecule has 5 rings (SSSR count). The highest BCUT2D eigenvalue weighted by atomic mass is 19.2. The van der Waals surface area contributed by atoms with Crippen molar-refractivity contribution < 1.29 is 27.9 Å². The number of alkyl carbamates (subject to hydrolysis) is 1. The van der Waals surface area contributed by atoms with Crippen LogP contribution >= 0.6 is 0 Å². The minimum Gasteiger partial charge on any atom is -0.444 e. The summed E-state index contributed by atoms with van der Waals surface area (Å²) in [6, 6.07) is 5.01. The second-order valence-corrected chi connectivity index (χ2v) is 11.8. The van der Waals surface area contributed by atoms with Gasteiger partial charge in [-0.25, -0.2) is 23.5 Å². The Labute approximate surface area is 259 Å². The molecule has 1 aliphatic heterocycles. The standard InChI is InChI=1S/C29H31F2N7O3.C2H5NO/c1-28(2,3)41-27(40)36-29(4)8-5-10-37(16-29)22-14-34-21(17-6-7-19(30)20(31)12-17)13-18(22)24(39)23-15-35-26-25(32)33-9-11-38(23)26;1-3-2-4/h6-7,9,11-15H,5,8,10,16H2,1-4H3,(H2,32,33)(H,36,40);2H,1H3,(H,3,4). The van der Waals surface area contributed by atoms with Crippen LogP contribution in [0.2, 0.25) is 0 Å². The number of ether oxygens (including phenoxy) is 1. The molecule has 1 saturated heterocycles. The summed E-state index contributed by atoms with van der Waals surface area (Å²) in [5, 5.41) is 5.24. The van der Waals surface area contributed by atoms with E-state index in [0.717, 1.165) is 18.6 Å². The van der Waals surface area contributed by atoms with E-state index in [2.05, 4.69) is 25.6 Å². The van der Waals surface area contributed by atoms with E-state index in [1.807, 2.05) is 11.8 Å². The highest BCUT2D eigenvalue weighted by Crippen LogP contribution is 2.33. The highest BCUT2D eigenvalue weighted by Gasteiger charge is 2.36. The molecule has 1 fully saturated rings.